The number of methoxy groups -OCH3 is 1. The number of anilines is 1. The maximum atomic E-state index is 13.1. The van der Waals surface area contributed by atoms with Crippen LogP contribution in [0.25, 0.3) is 6.08 Å². The number of benzene rings is 3. The zero-order valence-corrected chi connectivity index (χ0v) is 19.3. The van der Waals surface area contributed by atoms with Gasteiger partial charge in [-0.25, -0.2) is 14.5 Å². The van der Waals surface area contributed by atoms with Gasteiger partial charge in [0.05, 0.1) is 18.4 Å². The van der Waals surface area contributed by atoms with Gasteiger partial charge in [0.25, 0.3) is 11.8 Å². The Morgan fingerprint density at radius 1 is 0.886 bits per heavy atom. The molecule has 0 aliphatic carbocycles. The van der Waals surface area contributed by atoms with Gasteiger partial charge < -0.3 is 9.47 Å². The number of nitrogens with zero attached hydrogens (tertiary/aromatic N) is 1. The first-order valence-corrected chi connectivity index (χ1v) is 10.7. The fourth-order valence-corrected chi connectivity index (χ4v) is 3.61. The molecule has 3 aromatic carbocycles. The summed E-state index contributed by atoms with van der Waals surface area (Å²) in [5.41, 5.74) is 2.73. The number of hydrogen-bond acceptors (Lipinski definition) is 6. The first kappa shape index (κ1) is 23.4. The lowest BCUT2D eigenvalue weighted by Crippen LogP contribution is -2.54. The standard InChI is InChI=1S/C27H22N2O6/c1-16-6-4-8-19(12-16)26(32)35-22-11-10-18(15-23(22)34-3)14-21-24(30)28-27(33)29(25(21)31)20-9-5-7-17(2)13-20/h4-15H,1-3H3,(H,28,30,33)/b21-14+. The Balaban J connectivity index is 1.63. The van der Waals surface area contributed by atoms with Crippen LogP contribution in [-0.4, -0.2) is 30.9 Å². The minimum atomic E-state index is -0.821. The largest absolute Gasteiger partial charge is 0.493 e. The van der Waals surface area contributed by atoms with E-state index in [1.807, 2.05) is 26.0 Å². The smallest absolute Gasteiger partial charge is 0.343 e. The second kappa shape index (κ2) is 9.64. The molecule has 0 radical (unpaired) electrons. The Labute approximate surface area is 201 Å². The molecule has 1 aliphatic heterocycles. The second-order valence-electron chi connectivity index (χ2n) is 7.97. The topological polar surface area (TPSA) is 102 Å². The number of ether oxygens (including phenoxy) is 2. The van der Waals surface area contributed by atoms with Crippen molar-refractivity contribution >= 4 is 35.6 Å². The van der Waals surface area contributed by atoms with Crippen LogP contribution < -0.4 is 19.7 Å². The van der Waals surface area contributed by atoms with Crippen LogP contribution in [-0.2, 0) is 9.59 Å². The highest BCUT2D eigenvalue weighted by molar-refractivity contribution is 6.39. The SMILES string of the molecule is COc1cc(/C=C2\C(=O)NC(=O)N(c3cccc(C)c3)C2=O)ccc1OC(=O)c1cccc(C)c1. The summed E-state index contributed by atoms with van der Waals surface area (Å²) >= 11 is 0. The van der Waals surface area contributed by atoms with Crippen molar-refractivity contribution in [3.8, 4) is 11.5 Å². The second-order valence-corrected chi connectivity index (χ2v) is 7.97. The van der Waals surface area contributed by atoms with Crippen molar-refractivity contribution in [2.75, 3.05) is 12.0 Å². The average Bonchev–Trinajstić information content (AvgIpc) is 2.82. The number of hydrogen-bond donors (Lipinski definition) is 1. The fourth-order valence-electron chi connectivity index (χ4n) is 3.61. The van der Waals surface area contributed by atoms with Gasteiger partial charge >= 0.3 is 12.0 Å². The summed E-state index contributed by atoms with van der Waals surface area (Å²) in [6.45, 7) is 3.70. The van der Waals surface area contributed by atoms with Gasteiger partial charge in [0, 0.05) is 0 Å². The zero-order valence-electron chi connectivity index (χ0n) is 19.3. The van der Waals surface area contributed by atoms with E-state index in [-0.39, 0.29) is 17.1 Å². The highest BCUT2D eigenvalue weighted by Crippen LogP contribution is 2.30. The third kappa shape index (κ3) is 4.96. The number of aryl methyl sites for hydroxylation is 2. The van der Waals surface area contributed by atoms with Crippen LogP contribution >= 0.6 is 0 Å². The normalized spacial score (nSPS) is 14.7. The molecule has 0 saturated carbocycles. The van der Waals surface area contributed by atoms with Crippen LogP contribution in [0.15, 0.2) is 72.3 Å². The summed E-state index contributed by atoms with van der Waals surface area (Å²) in [4.78, 5) is 51.4. The molecule has 0 aromatic heterocycles. The molecule has 8 nitrogen and oxygen atoms in total. The van der Waals surface area contributed by atoms with Crippen molar-refractivity contribution < 1.29 is 28.7 Å². The summed E-state index contributed by atoms with van der Waals surface area (Å²) in [7, 11) is 1.41. The van der Waals surface area contributed by atoms with Gasteiger partial charge in [0.15, 0.2) is 11.5 Å². The van der Waals surface area contributed by atoms with E-state index in [0.29, 0.717) is 16.8 Å². The highest BCUT2D eigenvalue weighted by Gasteiger charge is 2.36. The van der Waals surface area contributed by atoms with Gasteiger partial charge in [-0.2, -0.15) is 0 Å². The van der Waals surface area contributed by atoms with Crippen LogP contribution in [0.4, 0.5) is 10.5 Å². The van der Waals surface area contributed by atoms with Crippen molar-refractivity contribution in [2.24, 2.45) is 0 Å². The number of urea groups is 1. The summed E-state index contributed by atoms with van der Waals surface area (Å²) in [6.07, 6.45) is 1.35. The minimum Gasteiger partial charge on any atom is -0.493 e. The number of nitrogens with one attached hydrogen (secondary N) is 1. The van der Waals surface area contributed by atoms with E-state index in [4.69, 9.17) is 9.47 Å². The van der Waals surface area contributed by atoms with Crippen molar-refractivity contribution in [2.45, 2.75) is 13.8 Å². The Bertz CT molecular complexity index is 1390. The van der Waals surface area contributed by atoms with Crippen molar-refractivity contribution in [1.29, 1.82) is 0 Å². The number of rotatable bonds is 5. The van der Waals surface area contributed by atoms with Crippen LogP contribution in [0.1, 0.15) is 27.0 Å². The van der Waals surface area contributed by atoms with E-state index in [1.54, 1.807) is 42.5 Å². The van der Waals surface area contributed by atoms with Gasteiger partial charge in [-0.15, -0.1) is 0 Å². The number of carbonyl (C=O) groups is 4. The lowest BCUT2D eigenvalue weighted by molar-refractivity contribution is -0.122. The molecule has 1 saturated heterocycles. The lowest BCUT2D eigenvalue weighted by Gasteiger charge is -2.26. The lowest BCUT2D eigenvalue weighted by atomic mass is 10.1. The van der Waals surface area contributed by atoms with Crippen molar-refractivity contribution in [3.05, 3.63) is 94.6 Å². The third-order valence-corrected chi connectivity index (χ3v) is 5.32. The number of carbonyl (C=O) groups excluding carboxylic acids is 4. The Morgan fingerprint density at radius 2 is 1.60 bits per heavy atom. The summed E-state index contributed by atoms with van der Waals surface area (Å²) in [5.74, 6) is -1.70. The van der Waals surface area contributed by atoms with Crippen molar-refractivity contribution in [1.82, 2.24) is 5.32 Å². The zero-order chi connectivity index (χ0) is 25.1. The molecule has 1 heterocycles. The van der Waals surface area contributed by atoms with E-state index in [1.165, 1.54) is 25.3 Å². The van der Waals surface area contributed by atoms with Gasteiger partial charge in [-0.05, 0) is 67.4 Å². The predicted octanol–water partition coefficient (Wildman–Crippen LogP) is 4.20. The molecule has 8 heteroatoms. The maximum Gasteiger partial charge on any atom is 0.343 e. The average molecular weight is 470 g/mol. The molecular formula is C27H22N2O6. The van der Waals surface area contributed by atoms with E-state index in [2.05, 4.69) is 5.32 Å². The van der Waals surface area contributed by atoms with E-state index < -0.39 is 23.8 Å². The molecular weight excluding hydrogens is 448 g/mol. The van der Waals surface area contributed by atoms with Gasteiger partial charge in [-0.3, -0.25) is 14.9 Å². The van der Waals surface area contributed by atoms with E-state index in [9.17, 15) is 19.2 Å². The fraction of sp³-hybridized carbons (Fsp3) is 0.111. The van der Waals surface area contributed by atoms with E-state index in [0.717, 1.165) is 16.0 Å². The number of imide groups is 2. The molecule has 176 valence electrons. The van der Waals surface area contributed by atoms with Crippen molar-refractivity contribution in [3.63, 3.8) is 0 Å². The Hall–Kier alpha value is -4.72. The summed E-state index contributed by atoms with van der Waals surface area (Å²) in [6, 6.07) is 17.6. The monoisotopic (exact) mass is 470 g/mol. The summed E-state index contributed by atoms with van der Waals surface area (Å²) in [5, 5.41) is 2.20. The van der Waals surface area contributed by atoms with Crippen LogP contribution in [0.5, 0.6) is 11.5 Å². The highest BCUT2D eigenvalue weighted by atomic mass is 16.6. The van der Waals surface area contributed by atoms with Gasteiger partial charge in [0.1, 0.15) is 5.57 Å². The molecule has 3 aromatic rings. The van der Waals surface area contributed by atoms with Crippen LogP contribution in [0, 0.1) is 13.8 Å². The molecule has 1 aliphatic rings. The van der Waals surface area contributed by atoms with Gasteiger partial charge in [-0.1, -0.05) is 35.9 Å². The molecule has 0 atom stereocenters. The first-order chi connectivity index (χ1) is 16.8. The molecule has 1 fully saturated rings. The molecule has 0 unspecified atom stereocenters. The Kier molecular flexibility index (Phi) is 6.46. The molecule has 35 heavy (non-hydrogen) atoms. The molecule has 4 rings (SSSR count). The maximum absolute atomic E-state index is 13.1. The number of barbiturate groups is 1. The molecule has 0 spiro atoms. The molecule has 4 amide bonds. The van der Waals surface area contributed by atoms with Gasteiger partial charge in [0.2, 0.25) is 0 Å². The van der Waals surface area contributed by atoms with E-state index >= 15 is 0 Å². The molecule has 1 N–H and O–H groups in total. The Morgan fingerprint density at radius 3 is 2.29 bits per heavy atom. The quantitative estimate of drug-likeness (QED) is 0.260. The third-order valence-electron chi connectivity index (χ3n) is 5.32. The van der Waals surface area contributed by atoms with Crippen LogP contribution in [0.3, 0.4) is 0 Å². The first-order valence-electron chi connectivity index (χ1n) is 10.7. The number of esters is 1. The predicted molar refractivity (Wildman–Crippen MR) is 129 cm³/mol. The van der Waals surface area contributed by atoms with Crippen LogP contribution in [0.2, 0.25) is 0 Å². The molecule has 0 bridgehead atoms. The number of amides is 4. The minimum absolute atomic E-state index is 0.178. The summed E-state index contributed by atoms with van der Waals surface area (Å²) < 4.78 is 10.8.